The number of nitrogens with zero attached hydrogens (tertiary/aromatic N) is 2. The van der Waals surface area contributed by atoms with Crippen molar-refractivity contribution in [2.24, 2.45) is 0 Å². The first-order valence-electron chi connectivity index (χ1n) is 8.21. The molecule has 1 amide bonds. The van der Waals surface area contributed by atoms with Crippen molar-refractivity contribution < 1.29 is 13.6 Å². The predicted molar refractivity (Wildman–Crippen MR) is 90.1 cm³/mol. The van der Waals surface area contributed by atoms with Crippen LogP contribution in [0.15, 0.2) is 47.1 Å². The van der Waals surface area contributed by atoms with E-state index >= 15 is 0 Å². The lowest BCUT2D eigenvalue weighted by Gasteiger charge is -2.34. The quantitative estimate of drug-likeness (QED) is 0.884. The molecule has 1 aromatic carbocycles. The van der Waals surface area contributed by atoms with Gasteiger partial charge in [-0.3, -0.25) is 9.69 Å². The molecule has 1 saturated heterocycles. The van der Waals surface area contributed by atoms with Crippen LogP contribution in [-0.2, 0) is 11.3 Å². The van der Waals surface area contributed by atoms with Crippen molar-refractivity contribution in [3.63, 3.8) is 0 Å². The number of hydrogen-bond donors (Lipinski definition) is 1. The molecule has 0 unspecified atom stereocenters. The van der Waals surface area contributed by atoms with Gasteiger partial charge in [0, 0.05) is 44.8 Å². The van der Waals surface area contributed by atoms with Crippen molar-refractivity contribution in [2.75, 3.05) is 38.0 Å². The number of hydrogen-bond acceptors (Lipinski definition) is 4. The Morgan fingerprint density at radius 2 is 1.92 bits per heavy atom. The Kier molecular flexibility index (Phi) is 5.61. The zero-order chi connectivity index (χ0) is 16.8. The van der Waals surface area contributed by atoms with Crippen molar-refractivity contribution in [2.45, 2.75) is 13.0 Å². The summed E-state index contributed by atoms with van der Waals surface area (Å²) in [4.78, 5) is 16.6. The second kappa shape index (κ2) is 8.08. The molecule has 0 atom stereocenters. The van der Waals surface area contributed by atoms with Crippen LogP contribution in [0.25, 0.3) is 0 Å². The van der Waals surface area contributed by atoms with E-state index in [2.05, 4.69) is 15.1 Å². The van der Waals surface area contributed by atoms with Crippen LogP contribution in [0.4, 0.5) is 10.1 Å². The molecular formula is C18H22FN3O2. The summed E-state index contributed by atoms with van der Waals surface area (Å²) in [5.41, 5.74) is 0.503. The monoisotopic (exact) mass is 331 g/mol. The Hall–Kier alpha value is -2.18. The average molecular weight is 331 g/mol. The van der Waals surface area contributed by atoms with E-state index in [0.29, 0.717) is 12.1 Å². The zero-order valence-corrected chi connectivity index (χ0v) is 13.6. The van der Waals surface area contributed by atoms with E-state index in [0.717, 1.165) is 45.0 Å². The molecule has 1 aliphatic heterocycles. The van der Waals surface area contributed by atoms with Crippen LogP contribution >= 0.6 is 0 Å². The molecule has 1 aliphatic rings. The number of furan rings is 1. The second-order valence-corrected chi connectivity index (χ2v) is 6.01. The van der Waals surface area contributed by atoms with Gasteiger partial charge in [0.05, 0.1) is 12.8 Å². The number of amides is 1. The highest BCUT2D eigenvalue weighted by molar-refractivity contribution is 5.90. The van der Waals surface area contributed by atoms with Crippen molar-refractivity contribution in [3.05, 3.63) is 54.2 Å². The highest BCUT2D eigenvalue weighted by atomic mass is 19.1. The summed E-state index contributed by atoms with van der Waals surface area (Å²) in [6, 6.07) is 9.85. The van der Waals surface area contributed by atoms with Gasteiger partial charge in [0.15, 0.2) is 0 Å². The minimum absolute atomic E-state index is 0.0846. The number of carbonyl (C=O) groups is 1. The van der Waals surface area contributed by atoms with Crippen LogP contribution in [0, 0.1) is 5.82 Å². The van der Waals surface area contributed by atoms with E-state index in [1.54, 1.807) is 18.4 Å². The van der Waals surface area contributed by atoms with Crippen molar-refractivity contribution >= 4 is 11.6 Å². The molecule has 0 radical (unpaired) electrons. The van der Waals surface area contributed by atoms with Crippen molar-refractivity contribution in [3.8, 4) is 0 Å². The molecule has 1 fully saturated rings. The molecule has 0 aliphatic carbocycles. The Bertz CT molecular complexity index is 652. The molecular weight excluding hydrogens is 309 g/mol. The normalized spacial score (nSPS) is 16.2. The summed E-state index contributed by atoms with van der Waals surface area (Å²) in [5, 5.41) is 2.73. The fraction of sp³-hybridized carbons (Fsp3) is 0.389. The van der Waals surface area contributed by atoms with Gasteiger partial charge in [-0.05, 0) is 30.3 Å². The van der Waals surface area contributed by atoms with Gasteiger partial charge >= 0.3 is 0 Å². The third kappa shape index (κ3) is 4.91. The first-order valence-corrected chi connectivity index (χ1v) is 8.21. The van der Waals surface area contributed by atoms with Crippen molar-refractivity contribution in [1.29, 1.82) is 0 Å². The number of piperazine rings is 1. The topological polar surface area (TPSA) is 48.7 Å². The van der Waals surface area contributed by atoms with Crippen LogP contribution < -0.4 is 5.32 Å². The largest absolute Gasteiger partial charge is 0.468 e. The van der Waals surface area contributed by atoms with Gasteiger partial charge in [0.2, 0.25) is 5.91 Å². The summed E-state index contributed by atoms with van der Waals surface area (Å²) in [7, 11) is 0. The highest BCUT2D eigenvalue weighted by Crippen LogP contribution is 2.11. The fourth-order valence-corrected chi connectivity index (χ4v) is 2.84. The molecule has 1 N–H and O–H groups in total. The summed E-state index contributed by atoms with van der Waals surface area (Å²) >= 11 is 0. The van der Waals surface area contributed by atoms with E-state index in [1.165, 1.54) is 12.1 Å². The van der Waals surface area contributed by atoms with E-state index in [1.807, 2.05) is 12.1 Å². The van der Waals surface area contributed by atoms with Gasteiger partial charge in [-0.25, -0.2) is 4.39 Å². The van der Waals surface area contributed by atoms with Gasteiger partial charge in [-0.2, -0.15) is 0 Å². The average Bonchev–Trinajstić information content (AvgIpc) is 3.07. The lowest BCUT2D eigenvalue weighted by atomic mass is 10.2. The molecule has 2 heterocycles. The van der Waals surface area contributed by atoms with Crippen LogP contribution in [0.2, 0.25) is 0 Å². The van der Waals surface area contributed by atoms with Gasteiger partial charge < -0.3 is 14.6 Å². The number of nitrogens with one attached hydrogen (secondary N) is 1. The summed E-state index contributed by atoms with van der Waals surface area (Å²) in [6.45, 7) is 5.36. The SMILES string of the molecule is O=C(CCN1CCN(Cc2ccco2)CC1)Nc1cccc(F)c1. The van der Waals surface area contributed by atoms with Gasteiger partial charge in [0.1, 0.15) is 11.6 Å². The van der Waals surface area contributed by atoms with Crippen LogP contribution in [0.3, 0.4) is 0 Å². The van der Waals surface area contributed by atoms with Gasteiger partial charge in [-0.15, -0.1) is 0 Å². The van der Waals surface area contributed by atoms with Crippen LogP contribution in [0.1, 0.15) is 12.2 Å². The molecule has 0 spiro atoms. The van der Waals surface area contributed by atoms with Gasteiger partial charge in [0.25, 0.3) is 0 Å². The number of rotatable bonds is 6. The maximum atomic E-state index is 13.1. The summed E-state index contributed by atoms with van der Waals surface area (Å²) in [6.07, 6.45) is 2.11. The third-order valence-electron chi connectivity index (χ3n) is 4.19. The van der Waals surface area contributed by atoms with Gasteiger partial charge in [-0.1, -0.05) is 6.07 Å². The number of halogens is 1. The van der Waals surface area contributed by atoms with E-state index < -0.39 is 0 Å². The molecule has 0 bridgehead atoms. The first kappa shape index (κ1) is 16.7. The number of benzene rings is 1. The number of anilines is 1. The lowest BCUT2D eigenvalue weighted by molar-refractivity contribution is -0.116. The molecule has 6 heteroatoms. The first-order chi connectivity index (χ1) is 11.7. The summed E-state index contributed by atoms with van der Waals surface area (Å²) < 4.78 is 18.5. The Morgan fingerprint density at radius 3 is 2.62 bits per heavy atom. The van der Waals surface area contributed by atoms with Crippen LogP contribution in [0.5, 0.6) is 0 Å². The Balaban J connectivity index is 1.36. The Morgan fingerprint density at radius 1 is 1.12 bits per heavy atom. The predicted octanol–water partition coefficient (Wildman–Crippen LogP) is 2.57. The molecule has 5 nitrogen and oxygen atoms in total. The number of carbonyl (C=O) groups excluding carboxylic acids is 1. The van der Waals surface area contributed by atoms with Crippen molar-refractivity contribution in [1.82, 2.24) is 9.80 Å². The lowest BCUT2D eigenvalue weighted by Crippen LogP contribution is -2.46. The standard InChI is InChI=1S/C18H22FN3O2/c19-15-3-1-4-16(13-15)20-18(23)6-7-21-8-10-22(11-9-21)14-17-5-2-12-24-17/h1-5,12-13H,6-11,14H2,(H,20,23). The molecule has 24 heavy (non-hydrogen) atoms. The van der Waals surface area contributed by atoms with E-state index in [-0.39, 0.29) is 11.7 Å². The minimum Gasteiger partial charge on any atom is -0.468 e. The van der Waals surface area contributed by atoms with E-state index in [9.17, 15) is 9.18 Å². The van der Waals surface area contributed by atoms with E-state index in [4.69, 9.17) is 4.42 Å². The minimum atomic E-state index is -0.347. The molecule has 3 rings (SSSR count). The summed E-state index contributed by atoms with van der Waals surface area (Å²) in [5.74, 6) is 0.553. The molecule has 2 aromatic rings. The maximum Gasteiger partial charge on any atom is 0.225 e. The molecule has 1 aromatic heterocycles. The highest BCUT2D eigenvalue weighted by Gasteiger charge is 2.18. The maximum absolute atomic E-state index is 13.1. The molecule has 128 valence electrons. The Labute approximate surface area is 141 Å². The third-order valence-corrected chi connectivity index (χ3v) is 4.19. The second-order valence-electron chi connectivity index (χ2n) is 6.01. The zero-order valence-electron chi connectivity index (χ0n) is 13.6. The smallest absolute Gasteiger partial charge is 0.225 e. The van der Waals surface area contributed by atoms with Crippen LogP contribution in [-0.4, -0.2) is 48.4 Å². The molecule has 0 saturated carbocycles. The fourth-order valence-electron chi connectivity index (χ4n) is 2.84.